The Kier molecular flexibility index (Phi) is 6.00. The van der Waals surface area contributed by atoms with E-state index in [1.54, 1.807) is 12.1 Å². The first-order valence-electron chi connectivity index (χ1n) is 10.5. The van der Waals surface area contributed by atoms with E-state index >= 15 is 0 Å². The van der Waals surface area contributed by atoms with Gasteiger partial charge in [0.2, 0.25) is 5.91 Å². The predicted molar refractivity (Wildman–Crippen MR) is 110 cm³/mol. The molecule has 4 rings (SSSR count). The second-order valence-electron chi connectivity index (χ2n) is 8.41. The maximum absolute atomic E-state index is 13.2. The topological polar surface area (TPSA) is 97.4 Å². The van der Waals surface area contributed by atoms with Crippen LogP contribution in [0.2, 0.25) is 0 Å². The molecule has 3 unspecified atom stereocenters. The Morgan fingerprint density at radius 3 is 2.45 bits per heavy atom. The highest BCUT2D eigenvalue weighted by Gasteiger charge is 2.40. The zero-order chi connectivity index (χ0) is 20.2. The van der Waals surface area contributed by atoms with Gasteiger partial charge in [0, 0.05) is 18.5 Å². The molecule has 154 valence electrons. The van der Waals surface area contributed by atoms with Crippen molar-refractivity contribution >= 4 is 11.8 Å². The fraction of sp³-hybridized carbons (Fsp3) is 0.478. The van der Waals surface area contributed by atoms with Crippen molar-refractivity contribution < 1.29 is 14.0 Å². The third-order valence-electron chi connectivity index (χ3n) is 6.33. The molecule has 0 spiro atoms. The van der Waals surface area contributed by atoms with Gasteiger partial charge in [-0.15, -0.1) is 0 Å². The molecule has 2 amide bonds. The first-order chi connectivity index (χ1) is 14.1. The van der Waals surface area contributed by atoms with Crippen LogP contribution in [0.25, 0.3) is 0 Å². The molecule has 2 fully saturated rings. The number of nitrogens with two attached hydrogens (primary N) is 1. The van der Waals surface area contributed by atoms with Gasteiger partial charge in [-0.2, -0.15) is 0 Å². The summed E-state index contributed by atoms with van der Waals surface area (Å²) >= 11 is 0. The number of furan rings is 1. The van der Waals surface area contributed by atoms with Gasteiger partial charge in [-0.25, -0.2) is 0 Å². The molecule has 3 atom stereocenters. The zero-order valence-electron chi connectivity index (χ0n) is 16.6. The van der Waals surface area contributed by atoms with Crippen LogP contribution in [0.15, 0.2) is 53.1 Å². The lowest BCUT2D eigenvalue weighted by molar-refractivity contribution is -0.125. The minimum Gasteiger partial charge on any atom is -0.459 e. The van der Waals surface area contributed by atoms with E-state index in [1.165, 1.54) is 12.7 Å². The van der Waals surface area contributed by atoms with E-state index in [2.05, 4.69) is 10.6 Å². The van der Waals surface area contributed by atoms with E-state index in [1.807, 2.05) is 30.3 Å². The molecule has 0 aliphatic heterocycles. The van der Waals surface area contributed by atoms with Crippen molar-refractivity contribution in [2.45, 2.75) is 56.7 Å². The summed E-state index contributed by atoms with van der Waals surface area (Å²) in [6.45, 7) is 0. The highest BCUT2D eigenvalue weighted by atomic mass is 16.3. The molecule has 2 aliphatic carbocycles. The third-order valence-corrected chi connectivity index (χ3v) is 6.33. The van der Waals surface area contributed by atoms with Crippen molar-refractivity contribution in [2.24, 2.45) is 17.6 Å². The van der Waals surface area contributed by atoms with Crippen molar-refractivity contribution in [3.8, 4) is 0 Å². The molecule has 0 saturated heterocycles. The van der Waals surface area contributed by atoms with Gasteiger partial charge >= 0.3 is 0 Å². The first-order valence-corrected chi connectivity index (χ1v) is 10.5. The summed E-state index contributed by atoms with van der Waals surface area (Å²) in [7, 11) is 0. The van der Waals surface area contributed by atoms with Gasteiger partial charge in [0.15, 0.2) is 5.76 Å². The van der Waals surface area contributed by atoms with E-state index in [0.29, 0.717) is 18.3 Å². The van der Waals surface area contributed by atoms with Gasteiger partial charge in [-0.1, -0.05) is 36.8 Å². The van der Waals surface area contributed by atoms with Crippen LogP contribution in [-0.4, -0.2) is 29.9 Å². The molecule has 29 heavy (non-hydrogen) atoms. The number of carbonyl (C=O) groups excluding carboxylic acids is 2. The molecule has 1 aromatic carbocycles. The number of hydrogen-bond acceptors (Lipinski definition) is 4. The van der Waals surface area contributed by atoms with Crippen molar-refractivity contribution in [2.75, 3.05) is 0 Å². The molecule has 2 aromatic rings. The zero-order valence-corrected chi connectivity index (χ0v) is 16.6. The summed E-state index contributed by atoms with van der Waals surface area (Å²) in [6.07, 6.45) is 7.23. The summed E-state index contributed by atoms with van der Waals surface area (Å²) in [4.78, 5) is 25.8. The number of hydrogen-bond donors (Lipinski definition) is 3. The molecule has 4 N–H and O–H groups in total. The Labute approximate surface area is 171 Å². The van der Waals surface area contributed by atoms with Crippen molar-refractivity contribution in [3.05, 3.63) is 60.1 Å². The largest absolute Gasteiger partial charge is 0.459 e. The quantitative estimate of drug-likeness (QED) is 0.700. The molecular formula is C23H29N3O3. The Morgan fingerprint density at radius 2 is 1.79 bits per heavy atom. The van der Waals surface area contributed by atoms with Crippen LogP contribution in [0.3, 0.4) is 0 Å². The normalized spacial score (nSPS) is 27.1. The fourth-order valence-corrected chi connectivity index (χ4v) is 4.99. The molecule has 6 nitrogen and oxygen atoms in total. The summed E-state index contributed by atoms with van der Waals surface area (Å²) in [5.74, 6) is 0.554. The second-order valence-corrected chi connectivity index (χ2v) is 8.41. The lowest BCUT2D eigenvalue weighted by Crippen LogP contribution is -2.58. The Morgan fingerprint density at radius 1 is 1.07 bits per heavy atom. The summed E-state index contributed by atoms with van der Waals surface area (Å²) in [5, 5.41) is 6.13. The molecule has 2 bridgehead atoms. The van der Waals surface area contributed by atoms with Crippen LogP contribution in [-0.2, 0) is 11.2 Å². The molecule has 1 heterocycles. The van der Waals surface area contributed by atoms with Crippen LogP contribution in [0.1, 0.15) is 48.2 Å². The molecular weight excluding hydrogens is 366 g/mol. The number of nitrogens with one attached hydrogen (secondary N) is 2. The van der Waals surface area contributed by atoms with Gasteiger partial charge in [0.25, 0.3) is 5.91 Å². The highest BCUT2D eigenvalue weighted by Crippen LogP contribution is 2.39. The summed E-state index contributed by atoms with van der Waals surface area (Å²) < 4.78 is 5.19. The lowest BCUT2D eigenvalue weighted by Gasteiger charge is -2.45. The van der Waals surface area contributed by atoms with Crippen molar-refractivity contribution in [1.29, 1.82) is 0 Å². The smallest absolute Gasteiger partial charge is 0.287 e. The van der Waals surface area contributed by atoms with E-state index in [4.69, 9.17) is 10.2 Å². The molecule has 1 aromatic heterocycles. The number of fused-ring (bicyclic) bond motifs is 2. The third kappa shape index (κ3) is 4.70. The SMILES string of the molecule is NC1CC2CCCC(C1)C2NC(=O)C(Cc1ccccc1)NC(=O)c1ccco1. The molecule has 6 heteroatoms. The van der Waals surface area contributed by atoms with E-state index < -0.39 is 6.04 Å². The monoisotopic (exact) mass is 395 g/mol. The van der Waals surface area contributed by atoms with E-state index in [-0.39, 0.29) is 29.7 Å². The van der Waals surface area contributed by atoms with Crippen molar-refractivity contribution in [1.82, 2.24) is 10.6 Å². The maximum Gasteiger partial charge on any atom is 0.287 e. The van der Waals surface area contributed by atoms with E-state index in [9.17, 15) is 9.59 Å². The standard InChI is InChI=1S/C23H29N3O3/c24-18-13-16-8-4-9-17(14-18)21(16)26-22(27)19(12-15-6-2-1-3-7-15)25-23(28)20-10-5-11-29-20/h1-3,5-7,10-11,16-19,21H,4,8-9,12-14,24H2,(H,25,28)(H,26,27). The van der Waals surface area contributed by atoms with Crippen LogP contribution in [0, 0.1) is 11.8 Å². The Bertz CT molecular complexity index is 807. The first kappa shape index (κ1) is 19.7. The minimum atomic E-state index is -0.661. The number of rotatable bonds is 6. The fourth-order valence-electron chi connectivity index (χ4n) is 4.99. The van der Waals surface area contributed by atoms with Crippen LogP contribution in [0.5, 0.6) is 0 Å². The average molecular weight is 396 g/mol. The summed E-state index contributed by atoms with van der Waals surface area (Å²) in [5.41, 5.74) is 7.22. The van der Waals surface area contributed by atoms with Crippen LogP contribution in [0.4, 0.5) is 0 Å². The average Bonchev–Trinajstić information content (AvgIpc) is 3.24. The lowest BCUT2D eigenvalue weighted by atomic mass is 9.67. The highest BCUT2D eigenvalue weighted by molar-refractivity contribution is 5.95. The Hall–Kier alpha value is -2.60. The van der Waals surface area contributed by atoms with Crippen LogP contribution >= 0.6 is 0 Å². The number of amides is 2. The Balaban J connectivity index is 1.48. The number of benzene rings is 1. The predicted octanol–water partition coefficient (Wildman–Crippen LogP) is 2.64. The van der Waals surface area contributed by atoms with Crippen LogP contribution < -0.4 is 16.4 Å². The maximum atomic E-state index is 13.2. The van der Waals surface area contributed by atoms with Crippen molar-refractivity contribution in [3.63, 3.8) is 0 Å². The van der Waals surface area contributed by atoms with Gasteiger partial charge in [0.05, 0.1) is 6.26 Å². The van der Waals surface area contributed by atoms with E-state index in [0.717, 1.165) is 31.2 Å². The van der Waals surface area contributed by atoms with Gasteiger partial charge in [-0.05, 0) is 55.2 Å². The van der Waals surface area contributed by atoms with Gasteiger partial charge in [0.1, 0.15) is 6.04 Å². The number of carbonyl (C=O) groups is 2. The summed E-state index contributed by atoms with van der Waals surface area (Å²) in [6, 6.07) is 12.7. The second kappa shape index (κ2) is 8.82. The molecule has 2 aliphatic rings. The van der Waals surface area contributed by atoms with Gasteiger partial charge < -0.3 is 20.8 Å². The molecule has 0 radical (unpaired) electrons. The van der Waals surface area contributed by atoms with Gasteiger partial charge in [-0.3, -0.25) is 9.59 Å². The minimum absolute atomic E-state index is 0.133. The molecule has 2 saturated carbocycles.